The molecule has 7 heteroatoms. The molecule has 1 saturated heterocycles. The minimum atomic E-state index is -0.352. The summed E-state index contributed by atoms with van der Waals surface area (Å²) in [6.07, 6.45) is 5.37. The van der Waals surface area contributed by atoms with Crippen molar-refractivity contribution in [3.05, 3.63) is 53.9 Å². The number of rotatable bonds is 5. The van der Waals surface area contributed by atoms with E-state index in [0.717, 1.165) is 17.0 Å². The highest BCUT2D eigenvalue weighted by atomic mass is 32.1. The zero-order valence-corrected chi connectivity index (χ0v) is 16.3. The lowest BCUT2D eigenvalue weighted by molar-refractivity contribution is -0.133. The van der Waals surface area contributed by atoms with Gasteiger partial charge in [0.25, 0.3) is 11.8 Å². The van der Waals surface area contributed by atoms with Gasteiger partial charge in [-0.05, 0) is 68.0 Å². The molecular weight excluding hydrogens is 362 g/mol. The summed E-state index contributed by atoms with van der Waals surface area (Å²) in [6, 6.07) is 9.48. The van der Waals surface area contributed by atoms with E-state index in [-0.39, 0.29) is 22.5 Å². The Hall–Kier alpha value is -2.93. The second-order valence-electron chi connectivity index (χ2n) is 5.99. The first-order valence-electron chi connectivity index (χ1n) is 8.72. The fourth-order valence-electron chi connectivity index (χ4n) is 2.96. The second kappa shape index (κ2) is 7.75. The Labute approximate surface area is 163 Å². The third-order valence-electron chi connectivity index (χ3n) is 4.44. The van der Waals surface area contributed by atoms with Crippen molar-refractivity contribution in [2.75, 3.05) is 20.2 Å². The fraction of sp³-hybridized carbons (Fsp3) is 0.250. The molecule has 140 valence electrons. The van der Waals surface area contributed by atoms with Gasteiger partial charge in [0.15, 0.2) is 5.11 Å². The normalized spacial score (nSPS) is 14.8. The van der Waals surface area contributed by atoms with Crippen LogP contribution in [0.2, 0.25) is 0 Å². The molecule has 27 heavy (non-hydrogen) atoms. The number of benzene rings is 1. The van der Waals surface area contributed by atoms with Crippen LogP contribution in [0, 0.1) is 0 Å². The second-order valence-corrected chi connectivity index (χ2v) is 6.35. The lowest BCUT2D eigenvalue weighted by atomic mass is 10.1. The van der Waals surface area contributed by atoms with Gasteiger partial charge < -0.3 is 9.30 Å². The molecule has 1 aliphatic heterocycles. The highest BCUT2D eigenvalue weighted by molar-refractivity contribution is 7.80. The molecule has 2 aromatic rings. The molecule has 1 aromatic heterocycles. The van der Waals surface area contributed by atoms with Crippen molar-refractivity contribution in [1.82, 2.24) is 14.4 Å². The number of likely N-dealkylation sites (N-methyl/N-ethyl adjacent to an activating group) is 2. The molecule has 3 rings (SSSR count). The predicted octanol–water partition coefficient (Wildman–Crippen LogP) is 2.86. The van der Waals surface area contributed by atoms with Gasteiger partial charge in [-0.3, -0.25) is 19.4 Å². The molecule has 6 nitrogen and oxygen atoms in total. The van der Waals surface area contributed by atoms with Crippen molar-refractivity contribution in [2.24, 2.45) is 0 Å². The summed E-state index contributed by atoms with van der Waals surface area (Å²) in [5.41, 5.74) is 1.84. The Balaban J connectivity index is 1.93. The van der Waals surface area contributed by atoms with Gasteiger partial charge in [0.05, 0.1) is 7.11 Å². The number of carbonyl (C=O) groups is 2. The molecule has 0 radical (unpaired) electrons. The van der Waals surface area contributed by atoms with Gasteiger partial charge in [-0.1, -0.05) is 0 Å². The first-order valence-corrected chi connectivity index (χ1v) is 9.12. The summed E-state index contributed by atoms with van der Waals surface area (Å²) < 4.78 is 7.09. The number of nitrogens with zero attached hydrogens (tertiary/aromatic N) is 3. The Morgan fingerprint density at radius 3 is 2.11 bits per heavy atom. The zero-order chi connectivity index (χ0) is 19.6. The molecule has 0 unspecified atom stereocenters. The van der Waals surface area contributed by atoms with Crippen LogP contribution in [0.3, 0.4) is 0 Å². The Morgan fingerprint density at radius 1 is 1.00 bits per heavy atom. The largest absolute Gasteiger partial charge is 0.497 e. The summed E-state index contributed by atoms with van der Waals surface area (Å²) in [5, 5.41) is 0.267. The van der Waals surface area contributed by atoms with E-state index in [9.17, 15) is 9.59 Å². The summed E-state index contributed by atoms with van der Waals surface area (Å²) in [6.45, 7) is 4.52. The molecular formula is C20H21N3O3S. The Morgan fingerprint density at radius 2 is 1.59 bits per heavy atom. The van der Waals surface area contributed by atoms with E-state index >= 15 is 0 Å². The van der Waals surface area contributed by atoms with Crippen LogP contribution in [0.25, 0.3) is 11.8 Å². The predicted molar refractivity (Wildman–Crippen MR) is 108 cm³/mol. The highest BCUT2D eigenvalue weighted by Gasteiger charge is 2.37. The number of hydrogen-bond donors (Lipinski definition) is 0. The van der Waals surface area contributed by atoms with Gasteiger partial charge in [0.2, 0.25) is 0 Å². The smallest absolute Gasteiger partial charge is 0.265 e. The van der Waals surface area contributed by atoms with Crippen LogP contribution >= 0.6 is 12.2 Å². The van der Waals surface area contributed by atoms with Crippen LogP contribution in [-0.2, 0) is 9.59 Å². The van der Waals surface area contributed by atoms with Gasteiger partial charge in [0.1, 0.15) is 11.3 Å². The Kier molecular flexibility index (Phi) is 5.41. The molecule has 2 heterocycles. The van der Waals surface area contributed by atoms with E-state index in [4.69, 9.17) is 17.0 Å². The van der Waals surface area contributed by atoms with E-state index in [2.05, 4.69) is 0 Å². The molecule has 2 amide bonds. The molecule has 1 fully saturated rings. The van der Waals surface area contributed by atoms with E-state index < -0.39 is 0 Å². The fourth-order valence-corrected chi connectivity index (χ4v) is 3.39. The average molecular weight is 383 g/mol. The minimum Gasteiger partial charge on any atom is -0.497 e. The summed E-state index contributed by atoms with van der Waals surface area (Å²) in [5.74, 6) is 0.0747. The van der Waals surface area contributed by atoms with E-state index in [1.54, 1.807) is 13.2 Å². The molecule has 0 saturated carbocycles. The average Bonchev–Trinajstić information content (AvgIpc) is 3.15. The van der Waals surface area contributed by atoms with Gasteiger partial charge in [-0.25, -0.2) is 0 Å². The van der Waals surface area contributed by atoms with Crippen LogP contribution in [0.15, 0.2) is 48.3 Å². The summed E-state index contributed by atoms with van der Waals surface area (Å²) in [7, 11) is 1.62. The molecule has 0 bridgehead atoms. The number of ether oxygens (including phenoxy) is 1. The van der Waals surface area contributed by atoms with Crippen molar-refractivity contribution in [3.63, 3.8) is 0 Å². The van der Waals surface area contributed by atoms with Crippen molar-refractivity contribution in [2.45, 2.75) is 13.8 Å². The maximum atomic E-state index is 12.7. The first kappa shape index (κ1) is 18.8. The van der Waals surface area contributed by atoms with E-state index in [1.165, 1.54) is 9.80 Å². The lowest BCUT2D eigenvalue weighted by Crippen LogP contribution is -2.55. The van der Waals surface area contributed by atoms with Gasteiger partial charge in [-0.15, -0.1) is 0 Å². The van der Waals surface area contributed by atoms with E-state index in [1.807, 2.05) is 61.1 Å². The monoisotopic (exact) mass is 383 g/mol. The van der Waals surface area contributed by atoms with Crippen LogP contribution in [0.5, 0.6) is 5.75 Å². The molecule has 0 N–H and O–H groups in total. The third-order valence-corrected chi connectivity index (χ3v) is 4.88. The van der Waals surface area contributed by atoms with Crippen LogP contribution in [0.1, 0.15) is 19.4 Å². The summed E-state index contributed by atoms with van der Waals surface area (Å²) in [4.78, 5) is 28.3. The number of methoxy groups -OCH3 is 1. The SMILES string of the molecule is CCN1C(=O)C(=Cc2ccn(-c3ccc(OC)cc3)c2)C(=O)N(CC)C1=S. The maximum Gasteiger partial charge on any atom is 0.265 e. The minimum absolute atomic E-state index is 0.125. The van der Waals surface area contributed by atoms with Crippen LogP contribution in [-0.4, -0.2) is 51.5 Å². The van der Waals surface area contributed by atoms with Gasteiger partial charge in [0, 0.05) is 31.2 Å². The maximum absolute atomic E-state index is 12.7. The number of amides is 2. The van der Waals surface area contributed by atoms with Crippen molar-refractivity contribution in [1.29, 1.82) is 0 Å². The Bertz CT molecular complexity index is 887. The van der Waals surface area contributed by atoms with Crippen molar-refractivity contribution >= 4 is 35.2 Å². The topological polar surface area (TPSA) is 54.8 Å². The quantitative estimate of drug-likeness (QED) is 0.453. The molecule has 0 atom stereocenters. The lowest BCUT2D eigenvalue weighted by Gasteiger charge is -2.35. The van der Waals surface area contributed by atoms with Crippen LogP contribution in [0.4, 0.5) is 0 Å². The first-order chi connectivity index (χ1) is 13.0. The molecule has 0 aliphatic carbocycles. The van der Waals surface area contributed by atoms with Crippen LogP contribution < -0.4 is 4.74 Å². The third kappa shape index (κ3) is 3.50. The summed E-state index contributed by atoms with van der Waals surface area (Å²) >= 11 is 5.28. The number of carbonyl (C=O) groups excluding carboxylic acids is 2. The van der Waals surface area contributed by atoms with E-state index in [0.29, 0.717) is 13.1 Å². The molecule has 0 spiro atoms. The zero-order valence-electron chi connectivity index (χ0n) is 15.5. The molecule has 1 aliphatic rings. The number of aromatic nitrogens is 1. The molecule has 1 aromatic carbocycles. The number of thiocarbonyl (C=S) groups is 1. The highest BCUT2D eigenvalue weighted by Crippen LogP contribution is 2.21. The van der Waals surface area contributed by atoms with Crippen molar-refractivity contribution in [3.8, 4) is 11.4 Å². The van der Waals surface area contributed by atoms with Crippen molar-refractivity contribution < 1.29 is 14.3 Å². The van der Waals surface area contributed by atoms with Gasteiger partial charge >= 0.3 is 0 Å². The van der Waals surface area contributed by atoms with Gasteiger partial charge in [-0.2, -0.15) is 0 Å². The number of hydrogen-bond acceptors (Lipinski definition) is 4. The standard InChI is InChI=1S/C20H21N3O3S/c1-4-22-18(24)17(19(25)23(5-2)20(22)27)12-14-10-11-21(13-14)15-6-8-16(26-3)9-7-15/h6-13H,4-5H2,1-3H3.